The van der Waals surface area contributed by atoms with Gasteiger partial charge in [0.2, 0.25) is 0 Å². The monoisotopic (exact) mass is 831 g/mol. The Balaban J connectivity index is 4.33. The highest BCUT2D eigenvalue weighted by molar-refractivity contribution is 4.71. The van der Waals surface area contributed by atoms with Gasteiger partial charge in [-0.25, -0.2) is 0 Å². The average molecular weight is 832 g/mol. The molecule has 0 spiro atoms. The predicted molar refractivity (Wildman–Crippen MR) is 273 cm³/mol. The van der Waals surface area contributed by atoms with Gasteiger partial charge in [0.05, 0.1) is 25.7 Å². The highest BCUT2D eigenvalue weighted by atomic mass is 15.4. The van der Waals surface area contributed by atoms with Gasteiger partial charge in [-0.05, 0) is 46.0 Å². The summed E-state index contributed by atoms with van der Waals surface area (Å²) in [4.78, 5) is 0. The fraction of sp³-hybridized carbons (Fsp3) is 1.00. The molecule has 1 heteroatoms. The molecule has 0 amide bonds. The van der Waals surface area contributed by atoms with E-state index in [1.807, 2.05) is 0 Å². The van der Waals surface area contributed by atoms with Crippen LogP contribution in [0.1, 0.15) is 349 Å². The van der Waals surface area contributed by atoms with Gasteiger partial charge in [-0.1, -0.05) is 297 Å². The summed E-state index contributed by atoms with van der Waals surface area (Å²) in [6, 6.07) is 0. The van der Waals surface area contributed by atoms with Crippen molar-refractivity contribution in [2.45, 2.75) is 355 Å². The molecule has 0 aliphatic rings. The quantitative estimate of drug-likeness (QED) is 0.0423. The van der Waals surface area contributed by atoms with E-state index in [4.69, 9.17) is 0 Å². The van der Waals surface area contributed by atoms with E-state index in [-0.39, 0.29) is 0 Å². The Morgan fingerprint density at radius 3 is 0.559 bits per heavy atom. The molecule has 0 rings (SSSR count). The molecule has 0 aromatic carbocycles. The normalized spacial score (nSPS) is 12.3. The van der Waals surface area contributed by atoms with E-state index in [0.29, 0.717) is 5.54 Å². The Morgan fingerprint density at radius 1 is 0.220 bits per heavy atom. The van der Waals surface area contributed by atoms with Crippen molar-refractivity contribution in [3.8, 4) is 0 Å². The van der Waals surface area contributed by atoms with Crippen LogP contribution in [0.2, 0.25) is 0 Å². The van der Waals surface area contributed by atoms with E-state index in [1.165, 1.54) is 332 Å². The Hall–Kier alpha value is -0.0400. The number of hydrogen-bond acceptors (Lipinski definition) is 0. The second-order valence-electron chi connectivity index (χ2n) is 21.3. The molecule has 1 nitrogen and oxygen atoms in total. The first kappa shape index (κ1) is 59.0. The van der Waals surface area contributed by atoms with Gasteiger partial charge in [0.15, 0.2) is 0 Å². The second kappa shape index (κ2) is 47.4. The molecule has 0 saturated heterocycles. The van der Waals surface area contributed by atoms with Gasteiger partial charge < -0.3 is 4.48 Å². The van der Waals surface area contributed by atoms with E-state index in [2.05, 4.69) is 41.7 Å². The van der Waals surface area contributed by atoms with Gasteiger partial charge in [-0.2, -0.15) is 0 Å². The summed E-state index contributed by atoms with van der Waals surface area (Å²) in [5, 5.41) is 0. The van der Waals surface area contributed by atoms with Crippen LogP contribution in [0.15, 0.2) is 0 Å². The largest absolute Gasteiger partial charge is 0.322 e. The molecule has 0 N–H and O–H groups in total. The van der Waals surface area contributed by atoms with Gasteiger partial charge >= 0.3 is 0 Å². The van der Waals surface area contributed by atoms with Crippen molar-refractivity contribution in [1.29, 1.82) is 0 Å². The first-order valence-electron chi connectivity index (χ1n) is 28.8. The van der Waals surface area contributed by atoms with Gasteiger partial charge in [-0.15, -0.1) is 0 Å². The first-order valence-corrected chi connectivity index (χ1v) is 28.8. The maximum atomic E-state index is 2.67. The lowest BCUT2D eigenvalue weighted by Gasteiger charge is -2.48. The Kier molecular flexibility index (Phi) is 47.4. The van der Waals surface area contributed by atoms with Crippen molar-refractivity contribution in [3.63, 3.8) is 0 Å². The van der Waals surface area contributed by atoms with Crippen molar-refractivity contribution in [3.05, 3.63) is 0 Å². The van der Waals surface area contributed by atoms with Crippen LogP contribution in [0, 0.1) is 0 Å². The van der Waals surface area contributed by atoms with Crippen molar-refractivity contribution in [2.75, 3.05) is 20.1 Å². The average Bonchev–Trinajstić information content (AvgIpc) is 3.23. The summed E-state index contributed by atoms with van der Waals surface area (Å²) >= 11 is 0. The molecule has 0 saturated carbocycles. The molecule has 0 heterocycles. The van der Waals surface area contributed by atoms with Crippen molar-refractivity contribution in [2.24, 2.45) is 0 Å². The van der Waals surface area contributed by atoms with Crippen molar-refractivity contribution < 1.29 is 4.48 Å². The topological polar surface area (TPSA) is 0 Å². The zero-order valence-corrected chi connectivity index (χ0v) is 43.0. The Labute approximate surface area is 378 Å². The molecule has 0 atom stereocenters. The number of rotatable bonds is 52. The molecule has 356 valence electrons. The summed E-state index contributed by atoms with van der Waals surface area (Å²) in [7, 11) is 2.67. The zero-order chi connectivity index (χ0) is 43.1. The summed E-state index contributed by atoms with van der Waals surface area (Å²) < 4.78 is 1.32. The van der Waals surface area contributed by atoms with Crippen LogP contribution < -0.4 is 0 Å². The standard InChI is InChI=1S/C58H120N/c1-7-10-13-16-19-22-25-28-31-34-37-40-43-46-49-52-55-58(4,5)59(6,56-53-50-47-44-41-38-35-32-29-26-23-20-17-14-11-8-2)57-54-51-48-45-42-39-36-33-30-27-24-21-18-15-12-9-3/h7-57H2,1-6H3/q+1. The molecule has 59 heavy (non-hydrogen) atoms. The van der Waals surface area contributed by atoms with Gasteiger partial charge in [0, 0.05) is 6.42 Å². The minimum Gasteiger partial charge on any atom is -0.322 e. The number of unbranched alkanes of at least 4 members (excludes halogenated alkanes) is 45. The highest BCUT2D eigenvalue weighted by Crippen LogP contribution is 2.31. The van der Waals surface area contributed by atoms with Crippen LogP contribution in [-0.2, 0) is 0 Å². The number of quaternary nitrogens is 1. The Bertz CT molecular complexity index is 718. The molecule has 0 aromatic rings. The molecular formula is C58H120N+. The lowest BCUT2D eigenvalue weighted by Crippen LogP contribution is -2.59. The molecule has 0 radical (unpaired) electrons. The van der Waals surface area contributed by atoms with Crippen molar-refractivity contribution >= 4 is 0 Å². The maximum absolute atomic E-state index is 2.67. The molecule has 0 aliphatic carbocycles. The third-order valence-electron chi connectivity index (χ3n) is 15.1. The third-order valence-corrected chi connectivity index (χ3v) is 15.1. The van der Waals surface area contributed by atoms with Crippen LogP contribution in [0.3, 0.4) is 0 Å². The van der Waals surface area contributed by atoms with Gasteiger partial charge in [-0.3, -0.25) is 0 Å². The zero-order valence-electron chi connectivity index (χ0n) is 43.0. The van der Waals surface area contributed by atoms with Crippen LogP contribution >= 0.6 is 0 Å². The fourth-order valence-corrected chi connectivity index (χ4v) is 10.1. The summed E-state index contributed by atoms with van der Waals surface area (Å²) in [5.74, 6) is 0. The molecular weight excluding hydrogens is 711 g/mol. The fourth-order valence-electron chi connectivity index (χ4n) is 10.1. The molecule has 0 bridgehead atoms. The van der Waals surface area contributed by atoms with Crippen molar-refractivity contribution in [1.82, 2.24) is 0 Å². The summed E-state index contributed by atoms with van der Waals surface area (Å²) in [6.07, 6.45) is 71.8. The highest BCUT2D eigenvalue weighted by Gasteiger charge is 2.38. The van der Waals surface area contributed by atoms with Crippen LogP contribution in [0.25, 0.3) is 0 Å². The van der Waals surface area contributed by atoms with E-state index in [1.54, 1.807) is 0 Å². The maximum Gasteiger partial charge on any atom is 0.0933 e. The molecule has 0 unspecified atom stereocenters. The van der Waals surface area contributed by atoms with E-state index >= 15 is 0 Å². The van der Waals surface area contributed by atoms with E-state index in [9.17, 15) is 0 Å². The minimum absolute atomic E-state index is 0.404. The van der Waals surface area contributed by atoms with Gasteiger partial charge in [0.1, 0.15) is 0 Å². The SMILES string of the molecule is CCCCCCCCCCCCCCCCCCC(C)(C)[N+](C)(CCCCCCCCCCCCCCCCCC)CCCCCCCCCCCCCCCCCC. The molecule has 0 aromatic heterocycles. The second-order valence-corrected chi connectivity index (χ2v) is 21.3. The van der Waals surface area contributed by atoms with Crippen LogP contribution in [-0.4, -0.2) is 30.2 Å². The van der Waals surface area contributed by atoms with E-state index < -0.39 is 0 Å². The number of nitrogens with zero attached hydrogens (tertiary/aromatic N) is 1. The smallest absolute Gasteiger partial charge is 0.0933 e. The summed E-state index contributed by atoms with van der Waals surface area (Å²) in [6.45, 7) is 15.1. The number of hydrogen-bond donors (Lipinski definition) is 0. The molecule has 0 aliphatic heterocycles. The van der Waals surface area contributed by atoms with E-state index in [0.717, 1.165) is 0 Å². The lowest BCUT2D eigenvalue weighted by molar-refractivity contribution is -0.956. The van der Waals surface area contributed by atoms with Crippen LogP contribution in [0.4, 0.5) is 0 Å². The lowest BCUT2D eigenvalue weighted by atomic mass is 9.90. The third kappa shape index (κ3) is 41.7. The Morgan fingerprint density at radius 2 is 0.373 bits per heavy atom. The van der Waals surface area contributed by atoms with Gasteiger partial charge in [0.25, 0.3) is 0 Å². The van der Waals surface area contributed by atoms with Crippen LogP contribution in [0.5, 0.6) is 0 Å². The minimum atomic E-state index is 0.404. The first-order chi connectivity index (χ1) is 28.9. The summed E-state index contributed by atoms with van der Waals surface area (Å²) in [5.41, 5.74) is 0.404. The molecule has 0 fully saturated rings. The predicted octanol–water partition coefficient (Wildman–Crippen LogP) is 21.4.